The Kier molecular flexibility index (Phi) is 3.67. The molecule has 4 aliphatic rings. The van der Waals surface area contributed by atoms with Gasteiger partial charge in [-0.2, -0.15) is 0 Å². The van der Waals surface area contributed by atoms with E-state index in [1.54, 1.807) is 0 Å². The first-order chi connectivity index (χ1) is 10.3. The maximum absolute atomic E-state index is 13.2. The highest BCUT2D eigenvalue weighted by molar-refractivity contribution is 5.84. The molecular formula is C16H26N2O3. The number of fused-ring (bicyclic) bond motifs is 1. The molecule has 0 aromatic heterocycles. The van der Waals surface area contributed by atoms with Gasteiger partial charge in [-0.15, -0.1) is 0 Å². The Balaban J connectivity index is 1.53. The van der Waals surface area contributed by atoms with Crippen LogP contribution in [-0.2, 0) is 14.3 Å². The first kappa shape index (κ1) is 14.0. The quantitative estimate of drug-likeness (QED) is 0.758. The van der Waals surface area contributed by atoms with Crippen LogP contribution < -0.4 is 0 Å². The Morgan fingerprint density at radius 2 is 1.86 bits per heavy atom. The van der Waals surface area contributed by atoms with Crippen molar-refractivity contribution in [1.82, 2.24) is 9.80 Å². The zero-order chi connectivity index (χ0) is 14.3. The second kappa shape index (κ2) is 5.52. The molecule has 4 rings (SSSR count). The van der Waals surface area contributed by atoms with Gasteiger partial charge >= 0.3 is 0 Å². The van der Waals surface area contributed by atoms with Crippen molar-refractivity contribution in [3.8, 4) is 0 Å². The van der Waals surface area contributed by atoms with Gasteiger partial charge < -0.3 is 14.4 Å². The zero-order valence-electron chi connectivity index (χ0n) is 12.8. The molecule has 5 heteroatoms. The molecule has 0 unspecified atom stereocenters. The summed E-state index contributed by atoms with van der Waals surface area (Å²) in [4.78, 5) is 17.8. The van der Waals surface area contributed by atoms with Crippen LogP contribution in [0.4, 0.5) is 0 Å². The van der Waals surface area contributed by atoms with Gasteiger partial charge in [0, 0.05) is 38.8 Å². The van der Waals surface area contributed by atoms with Crippen molar-refractivity contribution in [2.75, 3.05) is 46.0 Å². The minimum absolute atomic E-state index is 0.143. The highest BCUT2D eigenvalue weighted by Crippen LogP contribution is 2.44. The van der Waals surface area contributed by atoms with Crippen LogP contribution >= 0.6 is 0 Å². The summed E-state index contributed by atoms with van der Waals surface area (Å²) in [5.74, 6) is 0.331. The first-order valence-electron chi connectivity index (χ1n) is 8.52. The molecular weight excluding hydrogens is 268 g/mol. The molecule has 1 aliphatic carbocycles. The van der Waals surface area contributed by atoms with Crippen LogP contribution in [0.25, 0.3) is 0 Å². The summed E-state index contributed by atoms with van der Waals surface area (Å²) in [6.07, 6.45) is 6.04. The van der Waals surface area contributed by atoms with Gasteiger partial charge in [0.1, 0.15) is 0 Å². The lowest BCUT2D eigenvalue weighted by atomic mass is 9.73. The summed E-state index contributed by atoms with van der Waals surface area (Å²) in [7, 11) is 0. The van der Waals surface area contributed by atoms with E-state index in [9.17, 15) is 4.79 Å². The van der Waals surface area contributed by atoms with Gasteiger partial charge in [-0.3, -0.25) is 9.69 Å². The van der Waals surface area contributed by atoms with Crippen LogP contribution in [0.3, 0.4) is 0 Å². The molecule has 21 heavy (non-hydrogen) atoms. The van der Waals surface area contributed by atoms with Gasteiger partial charge in [0.25, 0.3) is 0 Å². The number of amides is 1. The number of rotatable bonds is 2. The second-order valence-corrected chi connectivity index (χ2v) is 7.01. The van der Waals surface area contributed by atoms with E-state index in [0.29, 0.717) is 19.1 Å². The molecule has 5 nitrogen and oxygen atoms in total. The second-order valence-electron chi connectivity index (χ2n) is 7.01. The third-order valence-corrected chi connectivity index (χ3v) is 5.96. The van der Waals surface area contributed by atoms with Gasteiger partial charge in [0.2, 0.25) is 5.91 Å². The van der Waals surface area contributed by atoms with Crippen molar-refractivity contribution in [1.29, 1.82) is 0 Å². The molecule has 0 spiro atoms. The number of carbonyl (C=O) groups is 1. The number of nitrogens with zero attached hydrogens (tertiary/aromatic N) is 2. The van der Waals surface area contributed by atoms with E-state index in [0.717, 1.165) is 51.7 Å². The first-order valence-corrected chi connectivity index (χ1v) is 8.52. The zero-order valence-corrected chi connectivity index (χ0v) is 12.8. The third kappa shape index (κ3) is 2.30. The normalized spacial score (nSPS) is 38.1. The number of piperidine rings is 1. The predicted octanol–water partition coefficient (Wildman–Crippen LogP) is 0.879. The summed E-state index contributed by atoms with van der Waals surface area (Å²) in [5, 5.41) is 0. The summed E-state index contributed by atoms with van der Waals surface area (Å²) in [5.41, 5.74) is -0.273. The standard InChI is InChI=1S/C16H26N2O3/c19-15(17-7-10-20-11-8-17)16-5-9-21-14(16)4-6-18(12-16)13-2-1-3-13/h13-14H,1-12H2/t14-,16-/m0/s1. The van der Waals surface area contributed by atoms with Crippen LogP contribution in [0.5, 0.6) is 0 Å². The molecule has 3 aliphatic heterocycles. The Morgan fingerprint density at radius 1 is 1.05 bits per heavy atom. The largest absolute Gasteiger partial charge is 0.378 e. The molecule has 1 amide bonds. The lowest BCUT2D eigenvalue weighted by Gasteiger charge is -2.49. The molecule has 3 heterocycles. The average molecular weight is 294 g/mol. The van der Waals surface area contributed by atoms with Crippen molar-refractivity contribution in [2.24, 2.45) is 5.41 Å². The third-order valence-electron chi connectivity index (χ3n) is 5.96. The summed E-state index contributed by atoms with van der Waals surface area (Å²) in [6.45, 7) is 5.62. The SMILES string of the molecule is O=C(N1CCOCC1)[C@]12CCO[C@H]1CCN(C1CCC1)C2. The van der Waals surface area contributed by atoms with Crippen molar-refractivity contribution in [3.63, 3.8) is 0 Å². The number of likely N-dealkylation sites (tertiary alicyclic amines) is 1. The minimum atomic E-state index is -0.273. The van der Waals surface area contributed by atoms with Gasteiger partial charge in [-0.05, 0) is 25.7 Å². The number of ether oxygens (including phenoxy) is 2. The molecule has 2 atom stereocenters. The Bertz CT molecular complexity index is 406. The number of hydrogen-bond donors (Lipinski definition) is 0. The Morgan fingerprint density at radius 3 is 2.57 bits per heavy atom. The van der Waals surface area contributed by atoms with E-state index in [2.05, 4.69) is 4.90 Å². The number of carbonyl (C=O) groups excluding carboxylic acids is 1. The average Bonchev–Trinajstić information content (AvgIpc) is 2.90. The summed E-state index contributed by atoms with van der Waals surface area (Å²) >= 11 is 0. The molecule has 0 N–H and O–H groups in total. The smallest absolute Gasteiger partial charge is 0.232 e. The predicted molar refractivity (Wildman–Crippen MR) is 78.0 cm³/mol. The molecule has 3 saturated heterocycles. The maximum atomic E-state index is 13.2. The van der Waals surface area contributed by atoms with Crippen LogP contribution in [0, 0.1) is 5.41 Å². The van der Waals surface area contributed by atoms with E-state index in [-0.39, 0.29) is 11.5 Å². The molecule has 0 aromatic rings. The maximum Gasteiger partial charge on any atom is 0.232 e. The fourth-order valence-electron chi connectivity index (χ4n) is 4.43. The summed E-state index contributed by atoms with van der Waals surface area (Å²) in [6, 6.07) is 0.723. The fraction of sp³-hybridized carbons (Fsp3) is 0.938. The molecule has 0 radical (unpaired) electrons. The molecule has 0 bridgehead atoms. The van der Waals surface area contributed by atoms with E-state index >= 15 is 0 Å². The van der Waals surface area contributed by atoms with Gasteiger partial charge in [0.05, 0.1) is 24.7 Å². The Labute approximate surface area is 126 Å². The van der Waals surface area contributed by atoms with Crippen molar-refractivity contribution in [3.05, 3.63) is 0 Å². The van der Waals surface area contributed by atoms with Crippen LogP contribution in [0.2, 0.25) is 0 Å². The lowest BCUT2D eigenvalue weighted by molar-refractivity contribution is -0.156. The van der Waals surface area contributed by atoms with Crippen molar-refractivity contribution < 1.29 is 14.3 Å². The lowest BCUT2D eigenvalue weighted by Crippen LogP contribution is -2.61. The van der Waals surface area contributed by atoms with Crippen LogP contribution in [0.15, 0.2) is 0 Å². The van der Waals surface area contributed by atoms with E-state index < -0.39 is 0 Å². The molecule has 118 valence electrons. The Hall–Kier alpha value is -0.650. The van der Waals surface area contributed by atoms with Gasteiger partial charge in [-0.25, -0.2) is 0 Å². The van der Waals surface area contributed by atoms with Gasteiger partial charge in [-0.1, -0.05) is 6.42 Å². The monoisotopic (exact) mass is 294 g/mol. The molecule has 0 aromatic carbocycles. The molecule has 4 fully saturated rings. The highest BCUT2D eigenvalue weighted by atomic mass is 16.5. The van der Waals surface area contributed by atoms with E-state index in [1.165, 1.54) is 19.3 Å². The fourth-order valence-corrected chi connectivity index (χ4v) is 4.43. The van der Waals surface area contributed by atoms with E-state index in [4.69, 9.17) is 9.47 Å². The topological polar surface area (TPSA) is 42.0 Å². The number of hydrogen-bond acceptors (Lipinski definition) is 4. The number of morpholine rings is 1. The van der Waals surface area contributed by atoms with Gasteiger partial charge in [0.15, 0.2) is 0 Å². The molecule has 1 saturated carbocycles. The van der Waals surface area contributed by atoms with Crippen molar-refractivity contribution >= 4 is 5.91 Å². The van der Waals surface area contributed by atoms with E-state index in [1.807, 2.05) is 4.90 Å². The van der Waals surface area contributed by atoms with Crippen LogP contribution in [-0.4, -0.2) is 73.9 Å². The van der Waals surface area contributed by atoms with Crippen LogP contribution in [0.1, 0.15) is 32.1 Å². The van der Waals surface area contributed by atoms with Crippen molar-refractivity contribution in [2.45, 2.75) is 44.2 Å². The summed E-state index contributed by atoms with van der Waals surface area (Å²) < 4.78 is 11.3. The minimum Gasteiger partial charge on any atom is -0.378 e. The highest BCUT2D eigenvalue weighted by Gasteiger charge is 2.55.